The molecule has 0 radical (unpaired) electrons. The van der Waals surface area contributed by atoms with Gasteiger partial charge in [0.1, 0.15) is 4.32 Å². The molecule has 140 valence electrons. The number of amides is 3. The number of nitrogens with one attached hydrogen (secondary N) is 2. The molecule has 3 amide bonds. The number of nitrogens with zero attached hydrogens (tertiary/aromatic N) is 1. The molecule has 2 N–H and O–H groups in total. The summed E-state index contributed by atoms with van der Waals surface area (Å²) in [4.78, 5) is 37.3. The van der Waals surface area contributed by atoms with Crippen LogP contribution in [0.15, 0.2) is 0 Å². The fraction of sp³-hybridized carbons (Fsp3) is 0.750. The third kappa shape index (κ3) is 7.19. The van der Waals surface area contributed by atoms with E-state index in [0.29, 0.717) is 10.2 Å². The van der Waals surface area contributed by atoms with E-state index in [0.717, 1.165) is 38.8 Å². The van der Waals surface area contributed by atoms with E-state index in [1.807, 2.05) is 0 Å². The largest absolute Gasteiger partial charge is 0.452 e. The summed E-state index contributed by atoms with van der Waals surface area (Å²) >= 11 is 6.60. The van der Waals surface area contributed by atoms with Crippen molar-refractivity contribution in [3.05, 3.63) is 0 Å². The zero-order chi connectivity index (χ0) is 18.4. The summed E-state index contributed by atoms with van der Waals surface area (Å²) < 4.78 is 5.74. The first-order valence-electron chi connectivity index (χ1n) is 8.57. The maximum atomic E-state index is 11.9. The Balaban J connectivity index is 1.63. The number of imide groups is 1. The summed E-state index contributed by atoms with van der Waals surface area (Å²) in [6.07, 6.45) is 3.04. The Hall–Kier alpha value is -1.35. The van der Waals surface area contributed by atoms with Gasteiger partial charge in [0.2, 0.25) is 0 Å². The lowest BCUT2D eigenvalue weighted by Gasteiger charge is -2.31. The third-order valence-corrected chi connectivity index (χ3v) is 5.68. The fourth-order valence-corrected chi connectivity index (χ4v) is 3.38. The molecule has 2 aliphatic rings. The number of carbonyl (C=O) groups is 3. The van der Waals surface area contributed by atoms with Crippen molar-refractivity contribution >= 4 is 46.2 Å². The monoisotopic (exact) mass is 387 g/mol. The van der Waals surface area contributed by atoms with E-state index in [1.165, 1.54) is 18.7 Å². The topological polar surface area (TPSA) is 87.7 Å². The Kier molecular flexibility index (Phi) is 7.49. The smallest absolute Gasteiger partial charge is 0.321 e. The van der Waals surface area contributed by atoms with Crippen LogP contribution < -0.4 is 10.6 Å². The molecule has 2 rings (SSSR count). The van der Waals surface area contributed by atoms with Crippen LogP contribution in [0.4, 0.5) is 4.79 Å². The number of ether oxygens (including phenoxy) is 1. The molecule has 1 unspecified atom stereocenters. The molecular formula is C16H25N3O4S2. The van der Waals surface area contributed by atoms with Gasteiger partial charge in [0.05, 0.1) is 5.75 Å². The second kappa shape index (κ2) is 9.38. The molecule has 9 heteroatoms. The Morgan fingerprint density at radius 2 is 1.88 bits per heavy atom. The second-order valence-electron chi connectivity index (χ2n) is 6.59. The Morgan fingerprint density at radius 1 is 1.24 bits per heavy atom. The minimum atomic E-state index is -1.03. The molecule has 1 aliphatic heterocycles. The van der Waals surface area contributed by atoms with Crippen LogP contribution in [0.5, 0.6) is 0 Å². The van der Waals surface area contributed by atoms with Crippen LogP contribution in [0.1, 0.15) is 39.5 Å². The summed E-state index contributed by atoms with van der Waals surface area (Å²) in [7, 11) is 0. The highest BCUT2D eigenvalue weighted by Gasteiger charge is 2.26. The number of urea groups is 1. The Labute approximate surface area is 157 Å². The molecule has 1 atom stereocenters. The van der Waals surface area contributed by atoms with Gasteiger partial charge in [-0.05, 0) is 38.5 Å². The highest BCUT2D eigenvalue weighted by Crippen LogP contribution is 2.20. The standard InChI is InChI=1S/C16H25N3O4S2/c1-10-5-7-19(8-6-10)16(24)25-9-13(20)23-11(2)14(21)18-15(22)17-12-3-4-12/h10-12H,3-9H2,1-2H3,(H2,17,18,21,22). The average molecular weight is 388 g/mol. The van der Waals surface area contributed by atoms with Crippen molar-refractivity contribution in [3.63, 3.8) is 0 Å². The first-order valence-corrected chi connectivity index (χ1v) is 9.97. The molecule has 2 fully saturated rings. The predicted octanol–water partition coefficient (Wildman–Crippen LogP) is 1.66. The van der Waals surface area contributed by atoms with Crippen molar-refractivity contribution in [1.29, 1.82) is 0 Å². The van der Waals surface area contributed by atoms with Gasteiger partial charge in [0, 0.05) is 19.1 Å². The zero-order valence-electron chi connectivity index (χ0n) is 14.6. The van der Waals surface area contributed by atoms with Gasteiger partial charge in [-0.2, -0.15) is 0 Å². The minimum Gasteiger partial charge on any atom is -0.452 e. The highest BCUT2D eigenvalue weighted by atomic mass is 32.2. The molecule has 1 saturated carbocycles. The molecule has 0 aromatic rings. The number of rotatable bonds is 5. The first kappa shape index (κ1) is 20.0. The summed E-state index contributed by atoms with van der Waals surface area (Å²) in [6.45, 7) is 5.49. The van der Waals surface area contributed by atoms with E-state index < -0.39 is 24.0 Å². The van der Waals surface area contributed by atoms with Crippen molar-refractivity contribution in [1.82, 2.24) is 15.5 Å². The lowest BCUT2D eigenvalue weighted by Crippen LogP contribution is -2.45. The van der Waals surface area contributed by atoms with Gasteiger partial charge in [-0.1, -0.05) is 30.9 Å². The molecule has 25 heavy (non-hydrogen) atoms. The van der Waals surface area contributed by atoms with Crippen molar-refractivity contribution in [2.24, 2.45) is 5.92 Å². The van der Waals surface area contributed by atoms with Gasteiger partial charge in [0.15, 0.2) is 6.10 Å². The van der Waals surface area contributed by atoms with Crippen LogP contribution in [0.3, 0.4) is 0 Å². The number of thioether (sulfide) groups is 1. The SMILES string of the molecule is CC1CCN(C(=S)SCC(=O)OC(C)C(=O)NC(=O)NC2CC2)CC1. The molecular weight excluding hydrogens is 362 g/mol. The summed E-state index contributed by atoms with van der Waals surface area (Å²) in [6, 6.07) is -0.397. The maximum Gasteiger partial charge on any atom is 0.321 e. The van der Waals surface area contributed by atoms with Gasteiger partial charge in [0.25, 0.3) is 5.91 Å². The molecule has 0 spiro atoms. The summed E-state index contributed by atoms with van der Waals surface area (Å²) in [5, 5.41) is 4.80. The van der Waals surface area contributed by atoms with Crippen molar-refractivity contribution < 1.29 is 19.1 Å². The van der Waals surface area contributed by atoms with E-state index in [4.69, 9.17) is 17.0 Å². The molecule has 7 nitrogen and oxygen atoms in total. The Bertz CT molecular complexity index is 531. The number of thiocarbonyl (C=S) groups is 1. The zero-order valence-corrected chi connectivity index (χ0v) is 16.2. The number of esters is 1. The lowest BCUT2D eigenvalue weighted by atomic mass is 10.00. The fourth-order valence-electron chi connectivity index (χ4n) is 2.35. The van der Waals surface area contributed by atoms with Crippen molar-refractivity contribution in [2.75, 3.05) is 18.8 Å². The average Bonchev–Trinajstić information content (AvgIpc) is 3.36. The first-order chi connectivity index (χ1) is 11.8. The van der Waals surface area contributed by atoms with Crippen LogP contribution in [0.25, 0.3) is 0 Å². The van der Waals surface area contributed by atoms with Crippen LogP contribution in [0, 0.1) is 5.92 Å². The van der Waals surface area contributed by atoms with E-state index in [2.05, 4.69) is 22.5 Å². The Morgan fingerprint density at radius 3 is 2.48 bits per heavy atom. The van der Waals surface area contributed by atoms with Gasteiger partial charge in [-0.3, -0.25) is 14.9 Å². The van der Waals surface area contributed by atoms with Gasteiger partial charge in [-0.15, -0.1) is 0 Å². The number of piperidine rings is 1. The number of carbonyl (C=O) groups excluding carboxylic acids is 3. The minimum absolute atomic E-state index is 0.0524. The second-order valence-corrected chi connectivity index (χ2v) is 8.20. The third-order valence-electron chi connectivity index (χ3n) is 4.18. The summed E-state index contributed by atoms with van der Waals surface area (Å²) in [5.74, 6) is -0.394. The number of likely N-dealkylation sites (tertiary alicyclic amines) is 1. The molecule has 0 aromatic heterocycles. The quantitative estimate of drug-likeness (QED) is 0.548. The molecule has 1 heterocycles. The maximum absolute atomic E-state index is 11.9. The van der Waals surface area contributed by atoms with Gasteiger partial charge >= 0.3 is 12.0 Å². The van der Waals surface area contributed by atoms with Gasteiger partial charge < -0.3 is 15.0 Å². The number of hydrogen-bond donors (Lipinski definition) is 2. The molecule has 1 aliphatic carbocycles. The normalized spacial score (nSPS) is 19.0. The highest BCUT2D eigenvalue weighted by molar-refractivity contribution is 8.23. The summed E-state index contributed by atoms with van der Waals surface area (Å²) in [5.41, 5.74) is 0. The number of hydrogen-bond acceptors (Lipinski definition) is 6. The van der Waals surface area contributed by atoms with Crippen molar-refractivity contribution in [2.45, 2.75) is 51.7 Å². The van der Waals surface area contributed by atoms with Crippen LogP contribution in [0.2, 0.25) is 0 Å². The van der Waals surface area contributed by atoms with E-state index in [1.54, 1.807) is 0 Å². The van der Waals surface area contributed by atoms with Crippen LogP contribution >= 0.6 is 24.0 Å². The van der Waals surface area contributed by atoms with Crippen molar-refractivity contribution in [3.8, 4) is 0 Å². The molecule has 0 bridgehead atoms. The molecule has 1 saturated heterocycles. The predicted molar refractivity (Wildman–Crippen MR) is 100 cm³/mol. The van der Waals surface area contributed by atoms with E-state index in [-0.39, 0.29) is 11.8 Å². The van der Waals surface area contributed by atoms with Crippen LogP contribution in [-0.4, -0.2) is 58.1 Å². The van der Waals surface area contributed by atoms with E-state index >= 15 is 0 Å². The molecule has 0 aromatic carbocycles. The van der Waals surface area contributed by atoms with Gasteiger partial charge in [-0.25, -0.2) is 4.79 Å². The lowest BCUT2D eigenvalue weighted by molar-refractivity contribution is -0.151. The van der Waals surface area contributed by atoms with E-state index in [9.17, 15) is 14.4 Å². The van der Waals surface area contributed by atoms with Crippen LogP contribution in [-0.2, 0) is 14.3 Å².